The number of aromatic nitrogens is 4. The van der Waals surface area contributed by atoms with Crippen LogP contribution in [0.25, 0.3) is 16.9 Å². The molecule has 0 aliphatic heterocycles. The summed E-state index contributed by atoms with van der Waals surface area (Å²) in [5.74, 6) is 1.68. The minimum absolute atomic E-state index is 0.242. The Morgan fingerprint density at radius 2 is 1.72 bits per heavy atom. The normalized spacial score (nSPS) is 12.9. The van der Waals surface area contributed by atoms with E-state index in [9.17, 15) is 4.79 Å². The van der Waals surface area contributed by atoms with Gasteiger partial charge in [0.15, 0.2) is 17.6 Å². The average molecular weight is 431 g/mol. The topological polar surface area (TPSA) is 90.6 Å². The van der Waals surface area contributed by atoms with Crippen molar-refractivity contribution in [3.63, 3.8) is 0 Å². The molecule has 4 aromatic rings. The molecule has 0 saturated carbocycles. The number of nitrogens with zero attached hydrogens (tertiary/aromatic N) is 4. The van der Waals surface area contributed by atoms with E-state index in [4.69, 9.17) is 9.47 Å². The van der Waals surface area contributed by atoms with Crippen LogP contribution in [0.15, 0.2) is 60.9 Å². The van der Waals surface area contributed by atoms with E-state index in [-0.39, 0.29) is 5.91 Å². The summed E-state index contributed by atoms with van der Waals surface area (Å²) in [5.41, 5.74) is 3.49. The second-order valence-corrected chi connectivity index (χ2v) is 7.58. The number of nitrogens with one attached hydrogen (secondary N) is 1. The molecule has 2 heterocycles. The van der Waals surface area contributed by atoms with Crippen LogP contribution in [0.2, 0.25) is 0 Å². The number of methoxy groups -OCH3 is 1. The Hall–Kier alpha value is -3.94. The van der Waals surface area contributed by atoms with E-state index in [1.54, 1.807) is 24.9 Å². The fourth-order valence-electron chi connectivity index (χ4n) is 3.19. The lowest BCUT2D eigenvalue weighted by molar-refractivity contribution is -0.128. The third-order valence-electron chi connectivity index (χ3n) is 5.08. The molecule has 164 valence electrons. The quantitative estimate of drug-likeness (QED) is 0.479. The molecule has 0 aliphatic carbocycles. The number of rotatable bonds is 7. The molecule has 0 bridgehead atoms. The third kappa shape index (κ3) is 4.69. The molecule has 4 rings (SSSR count). The van der Waals surface area contributed by atoms with E-state index < -0.39 is 12.1 Å². The number of benzene rings is 2. The van der Waals surface area contributed by atoms with E-state index in [2.05, 4.69) is 20.4 Å². The molecule has 0 fully saturated rings. The van der Waals surface area contributed by atoms with Gasteiger partial charge in [-0.05, 0) is 57.2 Å². The molecule has 8 nitrogen and oxygen atoms in total. The predicted molar refractivity (Wildman–Crippen MR) is 121 cm³/mol. The highest BCUT2D eigenvalue weighted by Gasteiger charge is 2.20. The Morgan fingerprint density at radius 3 is 2.41 bits per heavy atom. The number of hydrogen-bond acceptors (Lipinski definition) is 6. The molecule has 2 aromatic heterocycles. The van der Waals surface area contributed by atoms with Gasteiger partial charge >= 0.3 is 0 Å². The number of ether oxygens (including phenoxy) is 2. The molecule has 32 heavy (non-hydrogen) atoms. The summed E-state index contributed by atoms with van der Waals surface area (Å²) in [4.78, 5) is 21.6. The second-order valence-electron chi connectivity index (χ2n) is 7.58. The van der Waals surface area contributed by atoms with Crippen LogP contribution in [-0.2, 0) is 4.79 Å². The lowest BCUT2D eigenvalue weighted by atomic mass is 10.1. The third-order valence-corrected chi connectivity index (χ3v) is 5.08. The first kappa shape index (κ1) is 21.3. The molecule has 2 atom stereocenters. The Balaban J connectivity index is 1.45. The summed E-state index contributed by atoms with van der Waals surface area (Å²) >= 11 is 0. The van der Waals surface area contributed by atoms with Crippen molar-refractivity contribution in [3.05, 3.63) is 72.3 Å². The molecule has 1 amide bonds. The highest BCUT2D eigenvalue weighted by molar-refractivity contribution is 5.81. The smallest absolute Gasteiger partial charge is 0.261 e. The van der Waals surface area contributed by atoms with Crippen molar-refractivity contribution in [2.45, 2.75) is 32.9 Å². The van der Waals surface area contributed by atoms with Crippen molar-refractivity contribution >= 4 is 11.6 Å². The molecule has 1 N–H and O–H groups in total. The molecule has 0 spiro atoms. The predicted octanol–water partition coefficient (Wildman–Crippen LogP) is 3.75. The van der Waals surface area contributed by atoms with Gasteiger partial charge in [-0.3, -0.25) is 4.79 Å². The van der Waals surface area contributed by atoms with Crippen LogP contribution >= 0.6 is 0 Å². The summed E-state index contributed by atoms with van der Waals surface area (Å²) in [6, 6.07) is 16.7. The minimum atomic E-state index is -0.652. The van der Waals surface area contributed by atoms with Gasteiger partial charge in [-0.1, -0.05) is 17.7 Å². The molecule has 0 aliphatic rings. The summed E-state index contributed by atoms with van der Waals surface area (Å²) in [6.07, 6.45) is 0.962. The molecule has 0 radical (unpaired) electrons. The molecular formula is C24H25N5O3. The number of amides is 1. The maximum absolute atomic E-state index is 12.6. The number of carbonyl (C=O) groups excluding carboxylic acids is 1. The summed E-state index contributed by atoms with van der Waals surface area (Å²) < 4.78 is 12.5. The Bertz CT molecular complexity index is 1220. The number of aryl methyl sites for hydroxylation is 1. The molecular weight excluding hydrogens is 406 g/mol. The van der Waals surface area contributed by atoms with E-state index in [0.29, 0.717) is 17.2 Å². The van der Waals surface area contributed by atoms with Crippen LogP contribution in [0.3, 0.4) is 0 Å². The summed E-state index contributed by atoms with van der Waals surface area (Å²) in [5, 5.41) is 7.36. The van der Waals surface area contributed by atoms with Crippen LogP contribution < -0.4 is 14.8 Å². The minimum Gasteiger partial charge on any atom is -0.497 e. The second kappa shape index (κ2) is 9.05. The molecule has 0 saturated heterocycles. The SMILES string of the molecule is COc1ccc(-c2cc3nc([C@@H](C)NC(=O)[C@@H](C)Oc4ccc(C)cc4)nn3cn2)cc1. The fourth-order valence-corrected chi connectivity index (χ4v) is 3.19. The zero-order valence-electron chi connectivity index (χ0n) is 18.4. The average Bonchev–Trinajstić information content (AvgIpc) is 3.24. The lowest BCUT2D eigenvalue weighted by Gasteiger charge is -2.17. The highest BCUT2D eigenvalue weighted by Crippen LogP contribution is 2.22. The fraction of sp³-hybridized carbons (Fsp3) is 0.250. The van der Waals surface area contributed by atoms with Crippen molar-refractivity contribution in [2.75, 3.05) is 7.11 Å². The van der Waals surface area contributed by atoms with E-state index in [1.807, 2.05) is 68.4 Å². The zero-order chi connectivity index (χ0) is 22.7. The van der Waals surface area contributed by atoms with Crippen molar-refractivity contribution in [2.24, 2.45) is 0 Å². The Labute approximate surface area is 186 Å². The first-order valence-corrected chi connectivity index (χ1v) is 10.3. The lowest BCUT2D eigenvalue weighted by Crippen LogP contribution is -2.38. The van der Waals surface area contributed by atoms with Crippen molar-refractivity contribution in [1.82, 2.24) is 24.9 Å². The van der Waals surface area contributed by atoms with Crippen LogP contribution in [0.5, 0.6) is 11.5 Å². The number of carbonyl (C=O) groups is 1. The van der Waals surface area contributed by atoms with Crippen LogP contribution in [0.1, 0.15) is 31.3 Å². The van der Waals surface area contributed by atoms with Crippen LogP contribution in [-0.4, -0.2) is 38.7 Å². The largest absolute Gasteiger partial charge is 0.497 e. The van der Waals surface area contributed by atoms with Crippen LogP contribution in [0.4, 0.5) is 0 Å². The standard InChI is InChI=1S/C24H25N5O3/c1-15-5-9-20(10-6-15)32-17(3)24(30)26-16(2)23-27-22-13-21(25-14-29(22)28-23)18-7-11-19(31-4)12-8-18/h5-14,16-17H,1-4H3,(H,26,30)/t16-,17-/m1/s1. The van der Waals surface area contributed by atoms with Gasteiger partial charge in [-0.15, -0.1) is 5.10 Å². The van der Waals surface area contributed by atoms with Gasteiger partial charge in [-0.2, -0.15) is 0 Å². The summed E-state index contributed by atoms with van der Waals surface area (Å²) in [7, 11) is 1.63. The highest BCUT2D eigenvalue weighted by atomic mass is 16.5. The van der Waals surface area contributed by atoms with Gasteiger partial charge in [0.25, 0.3) is 5.91 Å². The van der Waals surface area contributed by atoms with Gasteiger partial charge in [0.05, 0.1) is 18.8 Å². The number of hydrogen-bond donors (Lipinski definition) is 1. The van der Waals surface area contributed by atoms with E-state index >= 15 is 0 Å². The first-order valence-electron chi connectivity index (χ1n) is 10.3. The number of fused-ring (bicyclic) bond motifs is 1. The van der Waals surface area contributed by atoms with Crippen LogP contribution in [0, 0.1) is 6.92 Å². The van der Waals surface area contributed by atoms with Gasteiger partial charge in [-0.25, -0.2) is 14.5 Å². The summed E-state index contributed by atoms with van der Waals surface area (Å²) in [6.45, 7) is 5.55. The van der Waals surface area contributed by atoms with Gasteiger partial charge in [0.2, 0.25) is 0 Å². The van der Waals surface area contributed by atoms with Gasteiger partial charge in [0.1, 0.15) is 17.8 Å². The monoisotopic (exact) mass is 431 g/mol. The molecule has 2 aromatic carbocycles. The van der Waals surface area contributed by atoms with Crippen molar-refractivity contribution in [1.29, 1.82) is 0 Å². The first-order chi connectivity index (χ1) is 15.4. The Kier molecular flexibility index (Phi) is 6.02. The maximum atomic E-state index is 12.6. The zero-order valence-corrected chi connectivity index (χ0v) is 18.4. The maximum Gasteiger partial charge on any atom is 0.261 e. The molecule has 0 unspecified atom stereocenters. The Morgan fingerprint density at radius 1 is 1.03 bits per heavy atom. The van der Waals surface area contributed by atoms with Gasteiger partial charge in [0, 0.05) is 11.6 Å². The van der Waals surface area contributed by atoms with E-state index in [0.717, 1.165) is 22.6 Å². The van der Waals surface area contributed by atoms with E-state index in [1.165, 1.54) is 0 Å². The van der Waals surface area contributed by atoms with Crippen molar-refractivity contribution in [3.8, 4) is 22.8 Å². The molecule has 8 heteroatoms. The van der Waals surface area contributed by atoms with Gasteiger partial charge < -0.3 is 14.8 Å². The van der Waals surface area contributed by atoms with Crippen molar-refractivity contribution < 1.29 is 14.3 Å².